The predicted octanol–water partition coefficient (Wildman–Crippen LogP) is 3.04. The van der Waals surface area contributed by atoms with Crippen LogP contribution in [0.2, 0.25) is 0 Å². The van der Waals surface area contributed by atoms with E-state index in [1.807, 2.05) is 31.9 Å². The number of carbonyl (C=O) groups excluding carboxylic acids is 2. The molecule has 0 aromatic carbocycles. The fraction of sp³-hybridized carbons (Fsp3) is 0.714. The second kappa shape index (κ2) is 6.43. The molecule has 1 aromatic heterocycles. The van der Waals surface area contributed by atoms with Gasteiger partial charge in [-0.3, -0.25) is 9.59 Å². The van der Waals surface area contributed by atoms with Crippen LogP contribution < -0.4 is 0 Å². The SMILES string of the molecule is Cc1cc(C(=O)N2CC[C@]3(CCCN(C4CCCC4)C3=O)C2)c(C)n1C. The van der Waals surface area contributed by atoms with Gasteiger partial charge in [-0.15, -0.1) is 0 Å². The molecule has 3 fully saturated rings. The first-order valence-electron chi connectivity index (χ1n) is 10.2. The van der Waals surface area contributed by atoms with Crippen LogP contribution >= 0.6 is 0 Å². The molecule has 5 heteroatoms. The summed E-state index contributed by atoms with van der Waals surface area (Å²) >= 11 is 0. The van der Waals surface area contributed by atoms with E-state index >= 15 is 0 Å². The summed E-state index contributed by atoms with van der Waals surface area (Å²) in [5, 5.41) is 0. The quantitative estimate of drug-likeness (QED) is 0.817. The van der Waals surface area contributed by atoms with Crippen LogP contribution in [0.1, 0.15) is 66.7 Å². The molecule has 3 heterocycles. The highest BCUT2D eigenvalue weighted by Gasteiger charge is 2.50. The lowest BCUT2D eigenvalue weighted by Gasteiger charge is -2.42. The van der Waals surface area contributed by atoms with Crippen molar-refractivity contribution >= 4 is 11.8 Å². The van der Waals surface area contributed by atoms with Crippen LogP contribution in [0.3, 0.4) is 0 Å². The van der Waals surface area contributed by atoms with E-state index in [9.17, 15) is 9.59 Å². The lowest BCUT2D eigenvalue weighted by Crippen LogP contribution is -2.53. The maximum absolute atomic E-state index is 13.4. The molecule has 5 nitrogen and oxygen atoms in total. The maximum atomic E-state index is 13.4. The van der Waals surface area contributed by atoms with E-state index in [4.69, 9.17) is 0 Å². The summed E-state index contributed by atoms with van der Waals surface area (Å²) in [5.74, 6) is 0.417. The molecule has 1 aromatic rings. The number of hydrogen-bond acceptors (Lipinski definition) is 2. The smallest absolute Gasteiger partial charge is 0.255 e. The van der Waals surface area contributed by atoms with Gasteiger partial charge in [-0.05, 0) is 52.0 Å². The lowest BCUT2D eigenvalue weighted by atomic mass is 9.77. The molecule has 0 unspecified atom stereocenters. The van der Waals surface area contributed by atoms with E-state index in [1.54, 1.807) is 0 Å². The molecular weight excluding hydrogens is 326 g/mol. The van der Waals surface area contributed by atoms with Crippen molar-refractivity contribution in [1.29, 1.82) is 0 Å². The third-order valence-electron chi connectivity index (χ3n) is 7.18. The minimum Gasteiger partial charge on any atom is -0.351 e. The number of hydrogen-bond donors (Lipinski definition) is 0. The maximum Gasteiger partial charge on any atom is 0.255 e. The van der Waals surface area contributed by atoms with Gasteiger partial charge in [0.25, 0.3) is 5.91 Å². The summed E-state index contributed by atoms with van der Waals surface area (Å²) in [6.07, 6.45) is 7.66. The molecule has 3 aliphatic rings. The second-order valence-electron chi connectivity index (χ2n) is 8.64. The Morgan fingerprint density at radius 1 is 1.12 bits per heavy atom. The second-order valence-corrected chi connectivity index (χ2v) is 8.64. The Morgan fingerprint density at radius 3 is 2.50 bits per heavy atom. The van der Waals surface area contributed by atoms with Crippen LogP contribution in [0.4, 0.5) is 0 Å². The van der Waals surface area contributed by atoms with Crippen LogP contribution in [0, 0.1) is 19.3 Å². The molecule has 2 amide bonds. The monoisotopic (exact) mass is 357 g/mol. The summed E-state index contributed by atoms with van der Waals surface area (Å²) in [6, 6.07) is 2.43. The number of aryl methyl sites for hydroxylation is 1. The molecule has 1 aliphatic carbocycles. The molecule has 0 bridgehead atoms. The Kier molecular flexibility index (Phi) is 4.36. The molecular formula is C21H31N3O2. The van der Waals surface area contributed by atoms with Gasteiger partial charge in [0.1, 0.15) is 0 Å². The standard InChI is InChI=1S/C21H31N3O2/c1-15-13-18(16(2)22(15)3)19(25)23-12-10-21(14-23)9-6-11-24(20(21)26)17-7-4-5-8-17/h13,17H,4-12,14H2,1-3H3/t21-/m1/s1. The Hall–Kier alpha value is -1.78. The highest BCUT2D eigenvalue weighted by Crippen LogP contribution is 2.42. The molecule has 26 heavy (non-hydrogen) atoms. The van der Waals surface area contributed by atoms with E-state index < -0.39 is 0 Å². The van der Waals surface area contributed by atoms with Crippen molar-refractivity contribution in [2.45, 2.75) is 64.8 Å². The number of piperidine rings is 1. The summed E-state index contributed by atoms with van der Waals surface area (Å²) in [5.41, 5.74) is 2.57. The average molecular weight is 357 g/mol. The van der Waals surface area contributed by atoms with Gasteiger partial charge in [0.15, 0.2) is 0 Å². The van der Waals surface area contributed by atoms with Crippen LogP contribution in [0.25, 0.3) is 0 Å². The van der Waals surface area contributed by atoms with Gasteiger partial charge in [-0.25, -0.2) is 0 Å². The van der Waals surface area contributed by atoms with Gasteiger partial charge < -0.3 is 14.4 Å². The first-order chi connectivity index (χ1) is 12.4. The summed E-state index contributed by atoms with van der Waals surface area (Å²) in [6.45, 7) is 6.24. The van der Waals surface area contributed by atoms with E-state index in [2.05, 4.69) is 9.47 Å². The average Bonchev–Trinajstić information content (AvgIpc) is 3.35. The largest absolute Gasteiger partial charge is 0.351 e. The van der Waals surface area contributed by atoms with Gasteiger partial charge in [0.05, 0.1) is 11.0 Å². The highest BCUT2D eigenvalue weighted by atomic mass is 16.2. The summed E-state index contributed by atoms with van der Waals surface area (Å²) < 4.78 is 2.06. The fourth-order valence-corrected chi connectivity index (χ4v) is 5.33. The number of rotatable bonds is 2. The zero-order chi connectivity index (χ0) is 18.5. The number of carbonyl (C=O) groups is 2. The van der Waals surface area contributed by atoms with Gasteiger partial charge in [-0.2, -0.15) is 0 Å². The van der Waals surface area contributed by atoms with Gasteiger partial charge in [-0.1, -0.05) is 12.8 Å². The third kappa shape index (κ3) is 2.67. The zero-order valence-corrected chi connectivity index (χ0v) is 16.4. The van der Waals surface area contributed by atoms with Crippen molar-refractivity contribution in [1.82, 2.24) is 14.4 Å². The topological polar surface area (TPSA) is 45.6 Å². The molecule has 1 saturated carbocycles. The van der Waals surface area contributed by atoms with Crippen molar-refractivity contribution in [2.24, 2.45) is 12.5 Å². The highest BCUT2D eigenvalue weighted by molar-refractivity contribution is 5.97. The molecule has 0 radical (unpaired) electrons. The molecule has 142 valence electrons. The molecule has 1 atom stereocenters. The molecule has 2 aliphatic heterocycles. The number of aromatic nitrogens is 1. The summed E-state index contributed by atoms with van der Waals surface area (Å²) in [4.78, 5) is 30.5. The summed E-state index contributed by atoms with van der Waals surface area (Å²) in [7, 11) is 2.00. The Labute approximate surface area is 156 Å². The van der Waals surface area contributed by atoms with Crippen molar-refractivity contribution in [3.8, 4) is 0 Å². The number of nitrogens with zero attached hydrogens (tertiary/aromatic N) is 3. The van der Waals surface area contributed by atoms with Crippen molar-refractivity contribution in [3.63, 3.8) is 0 Å². The molecule has 1 spiro atoms. The normalized spacial score (nSPS) is 27.1. The minimum absolute atomic E-state index is 0.0915. The van der Waals surface area contributed by atoms with Gasteiger partial charge in [0.2, 0.25) is 5.91 Å². The van der Waals surface area contributed by atoms with E-state index in [1.165, 1.54) is 12.8 Å². The molecule has 0 N–H and O–H groups in total. The van der Waals surface area contributed by atoms with Crippen molar-refractivity contribution in [2.75, 3.05) is 19.6 Å². The Bertz CT molecular complexity index is 732. The van der Waals surface area contributed by atoms with E-state index in [-0.39, 0.29) is 11.3 Å². The van der Waals surface area contributed by atoms with E-state index in [0.29, 0.717) is 25.0 Å². The third-order valence-corrected chi connectivity index (χ3v) is 7.18. The van der Waals surface area contributed by atoms with Gasteiger partial charge >= 0.3 is 0 Å². The number of likely N-dealkylation sites (tertiary alicyclic amines) is 2. The Morgan fingerprint density at radius 2 is 1.85 bits per heavy atom. The van der Waals surface area contributed by atoms with Crippen molar-refractivity contribution < 1.29 is 9.59 Å². The van der Waals surface area contributed by atoms with Crippen LogP contribution in [-0.2, 0) is 11.8 Å². The minimum atomic E-state index is -0.325. The first-order valence-corrected chi connectivity index (χ1v) is 10.2. The van der Waals surface area contributed by atoms with Crippen LogP contribution in [0.5, 0.6) is 0 Å². The zero-order valence-electron chi connectivity index (χ0n) is 16.4. The first kappa shape index (κ1) is 17.6. The molecule has 4 rings (SSSR count). The molecule has 2 saturated heterocycles. The predicted molar refractivity (Wildman–Crippen MR) is 101 cm³/mol. The van der Waals surface area contributed by atoms with Gasteiger partial charge in [0, 0.05) is 44.1 Å². The lowest BCUT2D eigenvalue weighted by molar-refractivity contribution is -0.148. The van der Waals surface area contributed by atoms with Crippen LogP contribution in [-0.4, -0.2) is 51.9 Å². The van der Waals surface area contributed by atoms with E-state index in [0.717, 1.165) is 55.6 Å². The Balaban J connectivity index is 1.52. The fourth-order valence-electron chi connectivity index (χ4n) is 5.33. The number of amides is 2. The van der Waals surface area contributed by atoms with Crippen molar-refractivity contribution in [3.05, 3.63) is 23.0 Å². The van der Waals surface area contributed by atoms with Crippen LogP contribution in [0.15, 0.2) is 6.07 Å².